The Bertz CT molecular complexity index is 132. The molecular formula is C11H22O2. The standard InChI is InChI=1S/C11H22O2/c1-3-4-5-8-11(13)9-6-7-10(2)12/h11,13H,3-9H2,1-2H3. The number of ketones is 1. The van der Waals surface area contributed by atoms with E-state index in [2.05, 4.69) is 6.92 Å². The zero-order chi connectivity index (χ0) is 10.1. The number of aliphatic hydroxyl groups is 1. The fourth-order valence-electron chi connectivity index (χ4n) is 1.36. The van der Waals surface area contributed by atoms with Crippen LogP contribution in [0.4, 0.5) is 0 Å². The van der Waals surface area contributed by atoms with E-state index in [1.165, 1.54) is 12.8 Å². The van der Waals surface area contributed by atoms with E-state index in [1.54, 1.807) is 6.92 Å². The molecule has 0 spiro atoms. The van der Waals surface area contributed by atoms with Crippen LogP contribution in [0.1, 0.15) is 58.8 Å². The van der Waals surface area contributed by atoms with E-state index in [0.29, 0.717) is 6.42 Å². The number of carbonyl (C=O) groups is 1. The zero-order valence-corrected chi connectivity index (χ0v) is 8.88. The van der Waals surface area contributed by atoms with Crippen molar-refractivity contribution in [2.75, 3.05) is 0 Å². The molecule has 2 nitrogen and oxygen atoms in total. The van der Waals surface area contributed by atoms with Crippen molar-refractivity contribution in [3.05, 3.63) is 0 Å². The number of Topliss-reactive ketones (excluding diaryl/α,β-unsaturated/α-hetero) is 1. The first-order chi connectivity index (χ1) is 6.16. The van der Waals surface area contributed by atoms with Gasteiger partial charge in [0.15, 0.2) is 0 Å². The van der Waals surface area contributed by atoms with Crippen molar-refractivity contribution in [1.82, 2.24) is 0 Å². The summed E-state index contributed by atoms with van der Waals surface area (Å²) in [6.45, 7) is 3.76. The number of unbranched alkanes of at least 4 members (excludes halogenated alkanes) is 2. The molecule has 0 radical (unpaired) electrons. The first-order valence-electron chi connectivity index (χ1n) is 5.34. The molecule has 13 heavy (non-hydrogen) atoms. The van der Waals surface area contributed by atoms with Crippen LogP contribution in [0.15, 0.2) is 0 Å². The zero-order valence-electron chi connectivity index (χ0n) is 8.88. The highest BCUT2D eigenvalue weighted by atomic mass is 16.3. The molecule has 0 aliphatic heterocycles. The predicted octanol–water partition coefficient (Wildman–Crippen LogP) is 2.69. The van der Waals surface area contributed by atoms with Crippen LogP contribution in [0.3, 0.4) is 0 Å². The van der Waals surface area contributed by atoms with Gasteiger partial charge in [-0.1, -0.05) is 26.2 Å². The quantitative estimate of drug-likeness (QED) is 0.592. The minimum atomic E-state index is -0.189. The summed E-state index contributed by atoms with van der Waals surface area (Å²) >= 11 is 0. The molecule has 78 valence electrons. The van der Waals surface area contributed by atoms with Gasteiger partial charge in [-0.15, -0.1) is 0 Å². The van der Waals surface area contributed by atoms with Crippen molar-refractivity contribution in [1.29, 1.82) is 0 Å². The summed E-state index contributed by atoms with van der Waals surface area (Å²) in [4.78, 5) is 10.6. The van der Waals surface area contributed by atoms with Crippen LogP contribution in [-0.2, 0) is 4.79 Å². The second-order valence-corrected chi connectivity index (χ2v) is 3.74. The maximum atomic E-state index is 10.6. The molecule has 0 aliphatic rings. The fraction of sp³-hybridized carbons (Fsp3) is 0.909. The van der Waals surface area contributed by atoms with E-state index in [1.807, 2.05) is 0 Å². The summed E-state index contributed by atoms with van der Waals surface area (Å²) in [5.41, 5.74) is 0. The van der Waals surface area contributed by atoms with Gasteiger partial charge in [-0.2, -0.15) is 0 Å². The molecule has 0 amide bonds. The summed E-state index contributed by atoms with van der Waals surface area (Å²) < 4.78 is 0. The Morgan fingerprint density at radius 1 is 1.23 bits per heavy atom. The van der Waals surface area contributed by atoms with Gasteiger partial charge in [-0.3, -0.25) is 0 Å². The van der Waals surface area contributed by atoms with Crippen LogP contribution in [0.25, 0.3) is 0 Å². The van der Waals surface area contributed by atoms with Gasteiger partial charge in [0.25, 0.3) is 0 Å². The number of aliphatic hydroxyl groups excluding tert-OH is 1. The first-order valence-corrected chi connectivity index (χ1v) is 5.34. The lowest BCUT2D eigenvalue weighted by molar-refractivity contribution is -0.117. The van der Waals surface area contributed by atoms with Gasteiger partial charge in [0.1, 0.15) is 5.78 Å². The Kier molecular flexibility index (Phi) is 8.00. The molecule has 0 aromatic rings. The Morgan fingerprint density at radius 3 is 2.38 bits per heavy atom. The van der Waals surface area contributed by atoms with E-state index >= 15 is 0 Å². The minimum Gasteiger partial charge on any atom is -0.393 e. The molecule has 2 heteroatoms. The number of hydrogen-bond acceptors (Lipinski definition) is 2. The number of hydrogen-bond donors (Lipinski definition) is 1. The molecule has 0 saturated heterocycles. The van der Waals surface area contributed by atoms with Gasteiger partial charge in [0.05, 0.1) is 6.10 Å². The molecule has 1 N–H and O–H groups in total. The Labute approximate surface area is 81.3 Å². The Morgan fingerprint density at radius 2 is 1.85 bits per heavy atom. The summed E-state index contributed by atoms with van der Waals surface area (Å²) in [6, 6.07) is 0. The summed E-state index contributed by atoms with van der Waals surface area (Å²) in [5, 5.41) is 9.48. The minimum absolute atomic E-state index is 0.189. The molecule has 0 rings (SSSR count). The van der Waals surface area contributed by atoms with Crippen molar-refractivity contribution >= 4 is 5.78 Å². The third kappa shape index (κ3) is 9.54. The monoisotopic (exact) mass is 186 g/mol. The van der Waals surface area contributed by atoms with Gasteiger partial charge in [0, 0.05) is 6.42 Å². The topological polar surface area (TPSA) is 37.3 Å². The van der Waals surface area contributed by atoms with Gasteiger partial charge < -0.3 is 9.90 Å². The predicted molar refractivity (Wildman–Crippen MR) is 54.7 cm³/mol. The third-order valence-corrected chi connectivity index (χ3v) is 2.21. The van der Waals surface area contributed by atoms with Crippen LogP contribution in [0.2, 0.25) is 0 Å². The smallest absolute Gasteiger partial charge is 0.129 e. The molecule has 0 fully saturated rings. The maximum absolute atomic E-state index is 10.6. The van der Waals surface area contributed by atoms with Gasteiger partial charge in [-0.25, -0.2) is 0 Å². The van der Waals surface area contributed by atoms with E-state index in [4.69, 9.17) is 0 Å². The highest BCUT2D eigenvalue weighted by Crippen LogP contribution is 2.09. The van der Waals surface area contributed by atoms with Crippen molar-refractivity contribution in [2.24, 2.45) is 0 Å². The lowest BCUT2D eigenvalue weighted by atomic mass is 10.0. The summed E-state index contributed by atoms with van der Waals surface area (Å²) in [6.07, 6.45) is 6.44. The molecular weight excluding hydrogens is 164 g/mol. The molecule has 1 unspecified atom stereocenters. The third-order valence-electron chi connectivity index (χ3n) is 2.21. The highest BCUT2D eigenvalue weighted by Gasteiger charge is 2.03. The first kappa shape index (κ1) is 12.6. The largest absolute Gasteiger partial charge is 0.393 e. The molecule has 0 aromatic carbocycles. The van der Waals surface area contributed by atoms with Gasteiger partial charge in [0.2, 0.25) is 0 Å². The van der Waals surface area contributed by atoms with Crippen molar-refractivity contribution < 1.29 is 9.90 Å². The summed E-state index contributed by atoms with van der Waals surface area (Å²) in [5.74, 6) is 0.223. The molecule has 0 bridgehead atoms. The average Bonchev–Trinajstić information content (AvgIpc) is 2.04. The van der Waals surface area contributed by atoms with Crippen molar-refractivity contribution in [3.63, 3.8) is 0 Å². The molecule has 0 aliphatic carbocycles. The SMILES string of the molecule is CCCCCC(O)CCCC(C)=O. The molecule has 0 saturated carbocycles. The molecule has 1 atom stereocenters. The average molecular weight is 186 g/mol. The Hall–Kier alpha value is -0.370. The maximum Gasteiger partial charge on any atom is 0.129 e. The second-order valence-electron chi connectivity index (χ2n) is 3.74. The Balaban J connectivity index is 3.19. The van der Waals surface area contributed by atoms with Crippen LogP contribution in [-0.4, -0.2) is 17.0 Å². The van der Waals surface area contributed by atoms with Crippen molar-refractivity contribution in [2.45, 2.75) is 64.9 Å². The van der Waals surface area contributed by atoms with E-state index in [0.717, 1.165) is 25.7 Å². The second kappa shape index (κ2) is 8.24. The normalized spacial score (nSPS) is 12.8. The van der Waals surface area contributed by atoms with E-state index < -0.39 is 0 Å². The van der Waals surface area contributed by atoms with Crippen LogP contribution in [0.5, 0.6) is 0 Å². The van der Waals surface area contributed by atoms with Crippen molar-refractivity contribution in [3.8, 4) is 0 Å². The van der Waals surface area contributed by atoms with Gasteiger partial charge >= 0.3 is 0 Å². The van der Waals surface area contributed by atoms with E-state index in [-0.39, 0.29) is 11.9 Å². The van der Waals surface area contributed by atoms with Gasteiger partial charge in [-0.05, 0) is 26.2 Å². The lowest BCUT2D eigenvalue weighted by Gasteiger charge is -2.08. The molecule has 0 aromatic heterocycles. The lowest BCUT2D eigenvalue weighted by Crippen LogP contribution is -2.06. The van der Waals surface area contributed by atoms with E-state index in [9.17, 15) is 9.90 Å². The fourth-order valence-corrected chi connectivity index (χ4v) is 1.36. The summed E-state index contributed by atoms with van der Waals surface area (Å²) in [7, 11) is 0. The van der Waals surface area contributed by atoms with Crippen LogP contribution in [0, 0.1) is 0 Å². The van der Waals surface area contributed by atoms with Crippen LogP contribution >= 0.6 is 0 Å². The number of rotatable bonds is 8. The number of carbonyl (C=O) groups excluding carboxylic acids is 1. The van der Waals surface area contributed by atoms with Crippen LogP contribution < -0.4 is 0 Å². The highest BCUT2D eigenvalue weighted by molar-refractivity contribution is 5.75. The molecule has 0 heterocycles.